The SMILES string of the molecule is COc1ccc([C@@H]2[C@@H](C(=O)c3cccs3)[C@H](C(=O)c3cccs3)[C@H]2c2ccc(OC)c(OC)c2)cc1OC. The molecule has 0 amide bonds. The quantitative estimate of drug-likeness (QED) is 0.205. The highest BCUT2D eigenvalue weighted by Crippen LogP contribution is 2.61. The summed E-state index contributed by atoms with van der Waals surface area (Å²) in [6.07, 6.45) is 0. The molecule has 1 aliphatic rings. The fraction of sp³-hybridized carbons (Fsp3) is 0.267. The maximum Gasteiger partial charge on any atom is 0.177 e. The molecule has 2 aromatic heterocycles. The lowest BCUT2D eigenvalue weighted by Gasteiger charge is -2.51. The van der Waals surface area contributed by atoms with E-state index in [0.29, 0.717) is 32.8 Å². The van der Waals surface area contributed by atoms with Crippen LogP contribution in [0.15, 0.2) is 71.4 Å². The normalized spacial score (nSPS) is 20.3. The van der Waals surface area contributed by atoms with Gasteiger partial charge in [-0.05, 0) is 58.3 Å². The van der Waals surface area contributed by atoms with Crippen molar-refractivity contribution in [3.05, 3.63) is 92.3 Å². The summed E-state index contributed by atoms with van der Waals surface area (Å²) in [6, 6.07) is 18.8. The number of methoxy groups -OCH3 is 4. The fourth-order valence-electron chi connectivity index (χ4n) is 5.52. The Balaban J connectivity index is 1.68. The topological polar surface area (TPSA) is 71.1 Å². The molecule has 1 saturated carbocycles. The van der Waals surface area contributed by atoms with Gasteiger partial charge in [0, 0.05) is 23.7 Å². The maximum atomic E-state index is 14.0. The summed E-state index contributed by atoms with van der Waals surface area (Å²) < 4.78 is 22.1. The Hall–Kier alpha value is -3.62. The number of ketones is 2. The highest BCUT2D eigenvalue weighted by atomic mass is 32.1. The van der Waals surface area contributed by atoms with Gasteiger partial charge in [-0.15, -0.1) is 22.7 Å². The largest absolute Gasteiger partial charge is 0.493 e. The van der Waals surface area contributed by atoms with Crippen LogP contribution in [0.3, 0.4) is 0 Å². The number of ether oxygens (including phenoxy) is 4. The van der Waals surface area contributed by atoms with Crippen LogP contribution in [0.25, 0.3) is 0 Å². The van der Waals surface area contributed by atoms with Crippen molar-refractivity contribution >= 4 is 34.2 Å². The third kappa shape index (κ3) is 4.48. The molecular weight excluding hydrogens is 520 g/mol. The van der Waals surface area contributed by atoms with Crippen LogP contribution in [-0.4, -0.2) is 40.0 Å². The molecule has 8 heteroatoms. The van der Waals surface area contributed by atoms with Gasteiger partial charge in [-0.3, -0.25) is 9.59 Å². The van der Waals surface area contributed by atoms with Gasteiger partial charge in [0.2, 0.25) is 0 Å². The Kier molecular flexibility index (Phi) is 7.53. The molecular formula is C30H28O6S2. The maximum absolute atomic E-state index is 14.0. The lowest BCUT2D eigenvalue weighted by molar-refractivity contribution is 0.0460. The zero-order chi connectivity index (χ0) is 26.8. The van der Waals surface area contributed by atoms with Crippen LogP contribution in [0.5, 0.6) is 23.0 Å². The van der Waals surface area contributed by atoms with Crippen LogP contribution in [0.1, 0.15) is 42.3 Å². The zero-order valence-corrected chi connectivity index (χ0v) is 23.1. The number of carbonyl (C=O) groups is 2. The van der Waals surface area contributed by atoms with E-state index >= 15 is 0 Å². The minimum Gasteiger partial charge on any atom is -0.493 e. The van der Waals surface area contributed by atoms with Crippen LogP contribution in [0.4, 0.5) is 0 Å². The summed E-state index contributed by atoms with van der Waals surface area (Å²) in [4.78, 5) is 29.3. The summed E-state index contributed by atoms with van der Waals surface area (Å²) in [6.45, 7) is 0. The molecule has 5 rings (SSSR count). The van der Waals surface area contributed by atoms with E-state index in [2.05, 4.69) is 0 Å². The number of carbonyl (C=O) groups excluding carboxylic acids is 2. The third-order valence-electron chi connectivity index (χ3n) is 7.27. The van der Waals surface area contributed by atoms with E-state index in [0.717, 1.165) is 11.1 Å². The molecule has 196 valence electrons. The lowest BCUT2D eigenvalue weighted by Crippen LogP contribution is -2.51. The van der Waals surface area contributed by atoms with E-state index in [-0.39, 0.29) is 23.4 Å². The number of thiophene rings is 2. The van der Waals surface area contributed by atoms with Gasteiger partial charge in [0.1, 0.15) is 0 Å². The zero-order valence-electron chi connectivity index (χ0n) is 21.5. The predicted octanol–water partition coefficient (Wildman–Crippen LogP) is 6.72. The molecule has 4 aromatic rings. The molecule has 38 heavy (non-hydrogen) atoms. The van der Waals surface area contributed by atoms with Gasteiger partial charge >= 0.3 is 0 Å². The first-order valence-corrected chi connectivity index (χ1v) is 13.9. The molecule has 2 aromatic carbocycles. The smallest absolute Gasteiger partial charge is 0.177 e. The first-order chi connectivity index (χ1) is 18.5. The molecule has 0 radical (unpaired) electrons. The van der Waals surface area contributed by atoms with Gasteiger partial charge < -0.3 is 18.9 Å². The first kappa shape index (κ1) is 26.0. The van der Waals surface area contributed by atoms with Crippen molar-refractivity contribution in [3.63, 3.8) is 0 Å². The molecule has 0 N–H and O–H groups in total. The Morgan fingerprint density at radius 3 is 1.29 bits per heavy atom. The predicted molar refractivity (Wildman–Crippen MR) is 149 cm³/mol. The van der Waals surface area contributed by atoms with E-state index in [4.69, 9.17) is 18.9 Å². The molecule has 0 saturated heterocycles. The minimum absolute atomic E-state index is 0.0218. The van der Waals surface area contributed by atoms with Crippen LogP contribution in [0.2, 0.25) is 0 Å². The molecule has 6 nitrogen and oxygen atoms in total. The second kappa shape index (κ2) is 11.0. The Morgan fingerprint density at radius 1 is 0.579 bits per heavy atom. The molecule has 0 spiro atoms. The third-order valence-corrected chi connectivity index (χ3v) is 9.03. The monoisotopic (exact) mass is 548 g/mol. The van der Waals surface area contributed by atoms with Gasteiger partial charge in [0.15, 0.2) is 34.6 Å². The van der Waals surface area contributed by atoms with Crippen LogP contribution in [-0.2, 0) is 0 Å². The molecule has 4 atom stereocenters. The lowest BCUT2D eigenvalue weighted by atomic mass is 9.50. The summed E-state index contributed by atoms with van der Waals surface area (Å²) in [7, 11) is 6.36. The highest BCUT2D eigenvalue weighted by molar-refractivity contribution is 7.12. The van der Waals surface area contributed by atoms with Crippen molar-refractivity contribution in [2.24, 2.45) is 11.8 Å². The summed E-state index contributed by atoms with van der Waals surface area (Å²) in [5.41, 5.74) is 1.82. The van der Waals surface area contributed by atoms with E-state index in [9.17, 15) is 9.59 Å². The van der Waals surface area contributed by atoms with E-state index in [1.54, 1.807) is 28.4 Å². The molecule has 2 heterocycles. The fourth-order valence-corrected chi connectivity index (χ4v) is 6.94. The van der Waals surface area contributed by atoms with Gasteiger partial charge in [-0.2, -0.15) is 0 Å². The number of rotatable bonds is 10. The minimum atomic E-state index is -0.542. The molecule has 1 aliphatic carbocycles. The highest BCUT2D eigenvalue weighted by Gasteiger charge is 2.58. The number of hydrogen-bond acceptors (Lipinski definition) is 8. The van der Waals surface area contributed by atoms with E-state index in [1.807, 2.05) is 71.4 Å². The second-order valence-corrected chi connectivity index (χ2v) is 10.9. The standard InChI is InChI=1S/C30H28O6S2/c1-33-19-11-9-17(15-21(19)35-3)25-26(18-10-12-20(34-2)22(16-18)36-4)28(30(32)24-8-6-14-38-24)27(25)29(31)23-7-5-13-37-23/h5-16,25-28H,1-4H3/t25-,26-,27+,28+/m0/s1. The summed E-state index contributed by atoms with van der Waals surface area (Å²) in [5.74, 6) is 0.693. The Morgan fingerprint density at radius 2 is 0.974 bits per heavy atom. The second-order valence-electron chi connectivity index (χ2n) is 9.02. The Labute approximate surface area is 229 Å². The van der Waals surface area contributed by atoms with Gasteiger partial charge in [-0.1, -0.05) is 24.3 Å². The average Bonchev–Trinajstić information content (AvgIpc) is 3.67. The van der Waals surface area contributed by atoms with Gasteiger partial charge in [-0.25, -0.2) is 0 Å². The average molecular weight is 549 g/mol. The molecule has 0 unspecified atom stereocenters. The van der Waals surface area contributed by atoms with E-state index in [1.165, 1.54) is 22.7 Å². The van der Waals surface area contributed by atoms with Gasteiger partial charge in [0.05, 0.1) is 38.2 Å². The van der Waals surface area contributed by atoms with Crippen LogP contribution >= 0.6 is 22.7 Å². The molecule has 0 aliphatic heterocycles. The first-order valence-electron chi connectivity index (χ1n) is 12.1. The molecule has 1 fully saturated rings. The van der Waals surface area contributed by atoms with Gasteiger partial charge in [0.25, 0.3) is 0 Å². The molecule has 0 bridgehead atoms. The van der Waals surface area contributed by atoms with Crippen LogP contribution < -0.4 is 18.9 Å². The van der Waals surface area contributed by atoms with Crippen molar-refractivity contribution in [3.8, 4) is 23.0 Å². The van der Waals surface area contributed by atoms with Crippen molar-refractivity contribution in [1.82, 2.24) is 0 Å². The Bertz CT molecular complexity index is 1320. The van der Waals surface area contributed by atoms with Crippen molar-refractivity contribution in [2.75, 3.05) is 28.4 Å². The summed E-state index contributed by atoms with van der Waals surface area (Å²) in [5, 5.41) is 3.78. The van der Waals surface area contributed by atoms with Crippen molar-refractivity contribution in [1.29, 1.82) is 0 Å². The number of Topliss-reactive ketones (excluding diaryl/α,β-unsaturated/α-hetero) is 2. The van der Waals surface area contributed by atoms with E-state index < -0.39 is 11.8 Å². The van der Waals surface area contributed by atoms with Crippen LogP contribution in [0, 0.1) is 11.8 Å². The number of benzene rings is 2. The summed E-state index contributed by atoms with van der Waals surface area (Å²) >= 11 is 2.80. The van der Waals surface area contributed by atoms with Crippen molar-refractivity contribution in [2.45, 2.75) is 11.8 Å². The van der Waals surface area contributed by atoms with Crippen molar-refractivity contribution < 1.29 is 28.5 Å². The number of hydrogen-bond donors (Lipinski definition) is 0.